The van der Waals surface area contributed by atoms with Gasteiger partial charge in [0, 0.05) is 12.6 Å². The monoisotopic (exact) mass is 323 g/mol. The Kier molecular flexibility index (Phi) is 4.94. The molecule has 2 aromatic rings. The molecular formula is C20H21NO3. The first-order valence-electron chi connectivity index (χ1n) is 8.25. The van der Waals surface area contributed by atoms with Crippen LogP contribution < -0.4 is 4.90 Å². The number of nitrogens with zero attached hydrogens (tertiary/aromatic N) is 1. The molecule has 1 aliphatic rings. The standard InChI is InChI=1S/C20H21NO3/c1-15(22)24-14-8-13-18-19(16-9-4-2-5-10-16)21(20(18)23)17-11-6-3-7-12-17/h2-7,9-12,18-19H,8,13-14H2,1H3/t18-,19+/m0/s1. The first-order valence-corrected chi connectivity index (χ1v) is 8.25. The van der Waals surface area contributed by atoms with E-state index >= 15 is 0 Å². The Morgan fingerprint density at radius 2 is 1.67 bits per heavy atom. The molecule has 3 rings (SSSR count). The summed E-state index contributed by atoms with van der Waals surface area (Å²) in [5, 5.41) is 0. The second-order valence-corrected chi connectivity index (χ2v) is 5.99. The van der Waals surface area contributed by atoms with Gasteiger partial charge in [-0.05, 0) is 30.5 Å². The first-order chi connectivity index (χ1) is 11.7. The van der Waals surface area contributed by atoms with E-state index in [2.05, 4.69) is 12.1 Å². The highest BCUT2D eigenvalue weighted by Crippen LogP contribution is 2.45. The molecule has 1 aliphatic heterocycles. The molecule has 0 N–H and O–H groups in total. The molecule has 4 nitrogen and oxygen atoms in total. The predicted molar refractivity (Wildman–Crippen MR) is 92.5 cm³/mol. The van der Waals surface area contributed by atoms with Gasteiger partial charge in [-0.15, -0.1) is 0 Å². The third-order valence-electron chi connectivity index (χ3n) is 4.35. The summed E-state index contributed by atoms with van der Waals surface area (Å²) < 4.78 is 4.98. The summed E-state index contributed by atoms with van der Waals surface area (Å²) in [4.78, 5) is 25.4. The van der Waals surface area contributed by atoms with Gasteiger partial charge in [0.25, 0.3) is 0 Å². The lowest BCUT2D eigenvalue weighted by molar-refractivity contribution is -0.141. The van der Waals surface area contributed by atoms with E-state index in [4.69, 9.17) is 4.74 Å². The highest BCUT2D eigenvalue weighted by atomic mass is 16.5. The molecular weight excluding hydrogens is 302 g/mol. The van der Waals surface area contributed by atoms with Crippen molar-refractivity contribution >= 4 is 17.6 Å². The second-order valence-electron chi connectivity index (χ2n) is 5.99. The van der Waals surface area contributed by atoms with Crippen molar-refractivity contribution in [3.05, 3.63) is 66.2 Å². The Bertz CT molecular complexity index is 699. The van der Waals surface area contributed by atoms with Crippen molar-refractivity contribution in [2.75, 3.05) is 11.5 Å². The number of para-hydroxylation sites is 1. The number of rotatable bonds is 6. The maximum Gasteiger partial charge on any atom is 0.302 e. The van der Waals surface area contributed by atoms with Gasteiger partial charge in [-0.2, -0.15) is 0 Å². The Hall–Kier alpha value is -2.62. The number of esters is 1. The summed E-state index contributed by atoms with van der Waals surface area (Å²) >= 11 is 0. The molecule has 0 bridgehead atoms. The zero-order chi connectivity index (χ0) is 16.9. The van der Waals surface area contributed by atoms with E-state index in [1.165, 1.54) is 6.92 Å². The molecule has 1 heterocycles. The van der Waals surface area contributed by atoms with E-state index in [-0.39, 0.29) is 23.8 Å². The van der Waals surface area contributed by atoms with Gasteiger partial charge in [-0.1, -0.05) is 48.5 Å². The van der Waals surface area contributed by atoms with E-state index in [9.17, 15) is 9.59 Å². The van der Waals surface area contributed by atoms with Crippen molar-refractivity contribution in [1.29, 1.82) is 0 Å². The van der Waals surface area contributed by atoms with Crippen molar-refractivity contribution in [3.63, 3.8) is 0 Å². The van der Waals surface area contributed by atoms with Gasteiger partial charge >= 0.3 is 5.97 Å². The van der Waals surface area contributed by atoms with Crippen LogP contribution in [0.25, 0.3) is 0 Å². The van der Waals surface area contributed by atoms with Gasteiger partial charge in [-0.3, -0.25) is 9.59 Å². The second kappa shape index (κ2) is 7.30. The minimum Gasteiger partial charge on any atom is -0.466 e. The fourth-order valence-corrected chi connectivity index (χ4v) is 3.26. The molecule has 0 saturated carbocycles. The molecule has 24 heavy (non-hydrogen) atoms. The molecule has 2 atom stereocenters. The molecule has 0 radical (unpaired) electrons. The number of ether oxygens (including phenoxy) is 1. The largest absolute Gasteiger partial charge is 0.466 e. The van der Waals surface area contributed by atoms with Crippen LogP contribution in [0.15, 0.2) is 60.7 Å². The Morgan fingerprint density at radius 1 is 1.04 bits per heavy atom. The Balaban J connectivity index is 1.76. The molecule has 1 fully saturated rings. The molecule has 2 aromatic carbocycles. The van der Waals surface area contributed by atoms with Crippen LogP contribution in [0.4, 0.5) is 5.69 Å². The summed E-state index contributed by atoms with van der Waals surface area (Å²) in [6, 6.07) is 19.9. The van der Waals surface area contributed by atoms with Gasteiger partial charge in [0.1, 0.15) is 0 Å². The number of carbonyl (C=O) groups excluding carboxylic acids is 2. The number of hydrogen-bond donors (Lipinski definition) is 0. The lowest BCUT2D eigenvalue weighted by Crippen LogP contribution is -2.55. The third kappa shape index (κ3) is 3.32. The van der Waals surface area contributed by atoms with Crippen LogP contribution in [0.3, 0.4) is 0 Å². The topological polar surface area (TPSA) is 46.6 Å². The maximum atomic E-state index is 12.7. The minimum atomic E-state index is -0.277. The van der Waals surface area contributed by atoms with Crippen molar-refractivity contribution in [2.45, 2.75) is 25.8 Å². The van der Waals surface area contributed by atoms with Crippen molar-refractivity contribution in [2.24, 2.45) is 5.92 Å². The summed E-state index contributed by atoms with van der Waals surface area (Å²) in [6.45, 7) is 1.77. The quantitative estimate of drug-likeness (QED) is 0.462. The maximum absolute atomic E-state index is 12.7. The van der Waals surface area contributed by atoms with Crippen LogP contribution >= 0.6 is 0 Å². The fourth-order valence-electron chi connectivity index (χ4n) is 3.26. The Morgan fingerprint density at radius 3 is 2.29 bits per heavy atom. The first kappa shape index (κ1) is 16.2. The molecule has 1 amide bonds. The number of anilines is 1. The number of benzene rings is 2. The highest BCUT2D eigenvalue weighted by Gasteiger charge is 2.47. The summed E-state index contributed by atoms with van der Waals surface area (Å²) in [5.41, 5.74) is 2.06. The van der Waals surface area contributed by atoms with Crippen LogP contribution in [0.1, 0.15) is 31.4 Å². The minimum absolute atomic E-state index is 0.0402. The molecule has 0 aliphatic carbocycles. The van der Waals surface area contributed by atoms with Crippen molar-refractivity contribution in [3.8, 4) is 0 Å². The molecule has 0 aromatic heterocycles. The van der Waals surface area contributed by atoms with Crippen molar-refractivity contribution in [1.82, 2.24) is 0 Å². The highest BCUT2D eigenvalue weighted by molar-refractivity contribution is 6.03. The zero-order valence-corrected chi connectivity index (χ0v) is 13.7. The number of β-lactam (4-membered cyclic amide) rings is 1. The van der Waals surface area contributed by atoms with E-state index in [0.717, 1.165) is 17.7 Å². The van der Waals surface area contributed by atoms with Gasteiger partial charge in [-0.25, -0.2) is 0 Å². The molecule has 1 saturated heterocycles. The third-order valence-corrected chi connectivity index (χ3v) is 4.35. The van der Waals surface area contributed by atoms with Gasteiger partial charge in [0.15, 0.2) is 0 Å². The smallest absolute Gasteiger partial charge is 0.302 e. The number of hydrogen-bond acceptors (Lipinski definition) is 3. The van der Waals surface area contributed by atoms with Crippen molar-refractivity contribution < 1.29 is 14.3 Å². The van der Waals surface area contributed by atoms with Gasteiger partial charge in [0.05, 0.1) is 18.6 Å². The average Bonchev–Trinajstić information content (AvgIpc) is 2.60. The van der Waals surface area contributed by atoms with E-state index in [0.29, 0.717) is 13.0 Å². The van der Waals surface area contributed by atoms with Gasteiger partial charge in [0.2, 0.25) is 5.91 Å². The van der Waals surface area contributed by atoms with Crippen LogP contribution in [0.2, 0.25) is 0 Å². The molecule has 4 heteroatoms. The van der Waals surface area contributed by atoms with Crippen LogP contribution in [-0.4, -0.2) is 18.5 Å². The van der Waals surface area contributed by atoms with Gasteiger partial charge < -0.3 is 9.64 Å². The van der Waals surface area contributed by atoms with E-state index < -0.39 is 0 Å². The SMILES string of the molecule is CC(=O)OCCC[C@@H]1C(=O)N(c2ccccc2)[C@@H]1c1ccccc1. The zero-order valence-electron chi connectivity index (χ0n) is 13.7. The lowest BCUT2D eigenvalue weighted by Gasteiger charge is -2.47. The summed E-state index contributed by atoms with van der Waals surface area (Å²) in [7, 11) is 0. The average molecular weight is 323 g/mol. The van der Waals surface area contributed by atoms with Crippen LogP contribution in [-0.2, 0) is 14.3 Å². The van der Waals surface area contributed by atoms with Crippen LogP contribution in [0.5, 0.6) is 0 Å². The lowest BCUT2D eigenvalue weighted by atomic mass is 9.79. The Labute approximate surface area is 142 Å². The number of carbonyl (C=O) groups is 2. The summed E-state index contributed by atoms with van der Waals surface area (Å²) in [5.74, 6) is -0.207. The summed E-state index contributed by atoms with van der Waals surface area (Å²) in [6.07, 6.45) is 1.41. The number of amides is 1. The van der Waals surface area contributed by atoms with E-state index in [1.54, 1.807) is 0 Å². The van der Waals surface area contributed by atoms with Crippen LogP contribution in [0, 0.1) is 5.92 Å². The fraction of sp³-hybridized carbons (Fsp3) is 0.300. The molecule has 0 spiro atoms. The molecule has 124 valence electrons. The normalized spacial score (nSPS) is 19.7. The predicted octanol–water partition coefficient (Wildman–Crippen LogP) is 3.73. The molecule has 0 unspecified atom stereocenters. The van der Waals surface area contributed by atoms with E-state index in [1.807, 2.05) is 53.4 Å².